The first kappa shape index (κ1) is 14.8. The summed E-state index contributed by atoms with van der Waals surface area (Å²) in [7, 11) is 0. The Morgan fingerprint density at radius 1 is 1.05 bits per heavy atom. The molecular weight excluding hydrogens is 266 g/mol. The molecule has 0 atom stereocenters. The summed E-state index contributed by atoms with van der Waals surface area (Å²) in [5.41, 5.74) is 8.20. The number of aryl methyl sites for hydroxylation is 2. The normalized spacial score (nSPS) is 10.2. The Bertz CT molecular complexity index is 675. The third-order valence-electron chi connectivity index (χ3n) is 3.20. The predicted molar refractivity (Wildman–Crippen MR) is 80.7 cm³/mol. The average molecular weight is 283 g/mol. The zero-order chi connectivity index (χ0) is 15.4. The van der Waals surface area contributed by atoms with Crippen LogP contribution in [0.15, 0.2) is 42.5 Å². The molecule has 0 bridgehead atoms. The number of rotatable bonds is 5. The molecule has 21 heavy (non-hydrogen) atoms. The van der Waals surface area contributed by atoms with E-state index in [4.69, 9.17) is 10.5 Å². The lowest BCUT2D eigenvalue weighted by Crippen LogP contribution is -2.13. The van der Waals surface area contributed by atoms with Crippen LogP contribution in [0.25, 0.3) is 0 Å². The molecule has 0 saturated heterocycles. The van der Waals surface area contributed by atoms with E-state index >= 15 is 0 Å². The number of carbonyl (C=O) groups is 2. The highest BCUT2D eigenvalue weighted by molar-refractivity contribution is 5.98. The molecule has 2 aromatic carbocycles. The quantitative estimate of drug-likeness (QED) is 0.858. The van der Waals surface area contributed by atoms with Crippen LogP contribution in [-0.4, -0.2) is 18.3 Å². The third-order valence-corrected chi connectivity index (χ3v) is 3.20. The monoisotopic (exact) mass is 283 g/mol. The highest BCUT2D eigenvalue weighted by Crippen LogP contribution is 2.15. The summed E-state index contributed by atoms with van der Waals surface area (Å²) in [4.78, 5) is 23.1. The van der Waals surface area contributed by atoms with Crippen molar-refractivity contribution in [3.8, 4) is 5.75 Å². The number of Topliss-reactive ketones (excluding diaryl/α,β-unsaturated/α-hetero) is 1. The van der Waals surface area contributed by atoms with E-state index in [0.29, 0.717) is 16.9 Å². The molecule has 4 nitrogen and oxygen atoms in total. The molecule has 2 rings (SSSR count). The molecule has 2 aromatic rings. The lowest BCUT2D eigenvalue weighted by atomic mass is 10.0. The van der Waals surface area contributed by atoms with Crippen LogP contribution in [0.2, 0.25) is 0 Å². The highest BCUT2D eigenvalue weighted by atomic mass is 16.5. The molecule has 0 aromatic heterocycles. The fourth-order valence-corrected chi connectivity index (χ4v) is 1.98. The second-order valence-corrected chi connectivity index (χ2v) is 4.92. The van der Waals surface area contributed by atoms with Gasteiger partial charge in [-0.25, -0.2) is 0 Å². The van der Waals surface area contributed by atoms with Gasteiger partial charge in [0.2, 0.25) is 5.91 Å². The maximum atomic E-state index is 12.2. The maximum absolute atomic E-state index is 12.2. The Morgan fingerprint density at radius 3 is 2.33 bits per heavy atom. The van der Waals surface area contributed by atoms with Crippen molar-refractivity contribution in [2.45, 2.75) is 13.8 Å². The van der Waals surface area contributed by atoms with E-state index in [1.165, 1.54) is 0 Å². The van der Waals surface area contributed by atoms with Crippen molar-refractivity contribution >= 4 is 11.7 Å². The number of hydrogen-bond acceptors (Lipinski definition) is 3. The van der Waals surface area contributed by atoms with Crippen molar-refractivity contribution in [2.75, 3.05) is 6.61 Å². The van der Waals surface area contributed by atoms with E-state index in [1.807, 2.05) is 32.0 Å². The maximum Gasteiger partial charge on any atom is 0.248 e. The molecule has 0 saturated carbocycles. The van der Waals surface area contributed by atoms with Gasteiger partial charge in [0.25, 0.3) is 0 Å². The van der Waals surface area contributed by atoms with Gasteiger partial charge < -0.3 is 10.5 Å². The number of carbonyl (C=O) groups excluding carboxylic acids is 2. The molecule has 1 amide bonds. The molecule has 108 valence electrons. The summed E-state index contributed by atoms with van der Waals surface area (Å²) >= 11 is 0. The van der Waals surface area contributed by atoms with E-state index in [2.05, 4.69) is 0 Å². The Hall–Kier alpha value is -2.62. The summed E-state index contributed by atoms with van der Waals surface area (Å²) in [6.07, 6.45) is 0. The number of hydrogen-bond donors (Lipinski definition) is 1. The van der Waals surface area contributed by atoms with Crippen molar-refractivity contribution in [2.24, 2.45) is 5.73 Å². The first-order valence-electron chi connectivity index (χ1n) is 6.60. The molecule has 0 aliphatic heterocycles. The van der Waals surface area contributed by atoms with Gasteiger partial charge in [0, 0.05) is 11.1 Å². The van der Waals surface area contributed by atoms with E-state index in [-0.39, 0.29) is 12.4 Å². The van der Waals surface area contributed by atoms with Crippen LogP contribution in [0.5, 0.6) is 5.75 Å². The molecule has 0 unspecified atom stereocenters. The Kier molecular flexibility index (Phi) is 4.38. The van der Waals surface area contributed by atoms with Crippen molar-refractivity contribution in [1.82, 2.24) is 0 Å². The standard InChI is InChI=1S/C17H17NO3/c1-11-3-4-12(2)15(9-11)16(19)10-21-14-7-5-13(6-8-14)17(18)20/h3-9H,10H2,1-2H3,(H2,18,20). The minimum atomic E-state index is -0.493. The summed E-state index contributed by atoms with van der Waals surface area (Å²) < 4.78 is 5.45. The zero-order valence-electron chi connectivity index (χ0n) is 12.1. The number of ether oxygens (including phenoxy) is 1. The van der Waals surface area contributed by atoms with E-state index in [0.717, 1.165) is 11.1 Å². The molecule has 4 heteroatoms. The number of nitrogens with two attached hydrogens (primary N) is 1. The van der Waals surface area contributed by atoms with Gasteiger partial charge in [0.1, 0.15) is 5.75 Å². The molecule has 0 aliphatic rings. The van der Waals surface area contributed by atoms with Crippen LogP contribution >= 0.6 is 0 Å². The van der Waals surface area contributed by atoms with Crippen LogP contribution in [-0.2, 0) is 0 Å². The van der Waals surface area contributed by atoms with Crippen LogP contribution in [0.4, 0.5) is 0 Å². The molecule has 0 heterocycles. The lowest BCUT2D eigenvalue weighted by Gasteiger charge is -2.08. The SMILES string of the molecule is Cc1ccc(C)c(C(=O)COc2ccc(C(N)=O)cc2)c1. The van der Waals surface area contributed by atoms with Gasteiger partial charge in [-0.15, -0.1) is 0 Å². The lowest BCUT2D eigenvalue weighted by molar-refractivity contribution is 0.0919. The van der Waals surface area contributed by atoms with Crippen molar-refractivity contribution in [3.63, 3.8) is 0 Å². The largest absolute Gasteiger partial charge is 0.485 e. The topological polar surface area (TPSA) is 69.4 Å². The molecule has 0 fully saturated rings. The van der Waals surface area contributed by atoms with E-state index in [1.54, 1.807) is 24.3 Å². The smallest absolute Gasteiger partial charge is 0.248 e. The third kappa shape index (κ3) is 3.69. The minimum absolute atomic E-state index is 0.0415. The summed E-state index contributed by atoms with van der Waals surface area (Å²) in [6.45, 7) is 3.80. The van der Waals surface area contributed by atoms with E-state index in [9.17, 15) is 9.59 Å². The van der Waals surface area contributed by atoms with Crippen LogP contribution in [0.3, 0.4) is 0 Å². The first-order valence-corrected chi connectivity index (χ1v) is 6.60. The molecule has 0 spiro atoms. The van der Waals surface area contributed by atoms with Crippen LogP contribution in [0.1, 0.15) is 31.8 Å². The minimum Gasteiger partial charge on any atom is -0.485 e. The number of primary amides is 1. The van der Waals surface area contributed by atoms with Crippen molar-refractivity contribution < 1.29 is 14.3 Å². The molecule has 0 aliphatic carbocycles. The molecular formula is C17H17NO3. The Morgan fingerprint density at radius 2 is 1.71 bits per heavy atom. The molecule has 2 N–H and O–H groups in total. The van der Waals surface area contributed by atoms with Gasteiger partial charge in [-0.05, 0) is 49.7 Å². The average Bonchev–Trinajstić information content (AvgIpc) is 2.47. The van der Waals surface area contributed by atoms with Gasteiger partial charge >= 0.3 is 0 Å². The van der Waals surface area contributed by atoms with Gasteiger partial charge in [0.05, 0.1) is 0 Å². The summed E-state index contributed by atoms with van der Waals surface area (Å²) in [6, 6.07) is 12.1. The summed E-state index contributed by atoms with van der Waals surface area (Å²) in [5, 5.41) is 0. The fraction of sp³-hybridized carbons (Fsp3) is 0.176. The Labute approximate surface area is 123 Å². The van der Waals surface area contributed by atoms with Gasteiger partial charge in [-0.2, -0.15) is 0 Å². The Balaban J connectivity index is 2.04. The zero-order valence-corrected chi connectivity index (χ0v) is 12.1. The van der Waals surface area contributed by atoms with Crippen molar-refractivity contribution in [1.29, 1.82) is 0 Å². The molecule has 0 radical (unpaired) electrons. The van der Waals surface area contributed by atoms with Crippen LogP contribution < -0.4 is 10.5 Å². The summed E-state index contributed by atoms with van der Waals surface area (Å²) in [5.74, 6) is -0.0400. The van der Waals surface area contributed by atoms with Crippen molar-refractivity contribution in [3.05, 3.63) is 64.7 Å². The number of benzene rings is 2. The number of ketones is 1. The second-order valence-electron chi connectivity index (χ2n) is 4.92. The highest BCUT2D eigenvalue weighted by Gasteiger charge is 2.10. The number of amides is 1. The first-order chi connectivity index (χ1) is 9.97. The second kappa shape index (κ2) is 6.22. The van der Waals surface area contributed by atoms with Gasteiger partial charge in [0.15, 0.2) is 12.4 Å². The fourth-order valence-electron chi connectivity index (χ4n) is 1.98. The van der Waals surface area contributed by atoms with Gasteiger partial charge in [-0.1, -0.05) is 17.7 Å². The van der Waals surface area contributed by atoms with Crippen LogP contribution in [0, 0.1) is 13.8 Å². The predicted octanol–water partition coefficient (Wildman–Crippen LogP) is 2.66. The van der Waals surface area contributed by atoms with Gasteiger partial charge in [-0.3, -0.25) is 9.59 Å². The van der Waals surface area contributed by atoms with E-state index < -0.39 is 5.91 Å².